The average Bonchev–Trinajstić information content (AvgIpc) is 2.87. The number of aliphatic carboxylic acids is 1. The highest BCUT2D eigenvalue weighted by Gasteiger charge is 2.26. The number of amides is 1. The first-order valence-corrected chi connectivity index (χ1v) is 5.79. The lowest BCUT2D eigenvalue weighted by Gasteiger charge is -2.16. The van der Waals surface area contributed by atoms with Crippen molar-refractivity contribution >= 4 is 17.8 Å². The largest absolute Gasteiger partial charge is 0.480 e. The summed E-state index contributed by atoms with van der Waals surface area (Å²) < 4.78 is 4.43. The predicted molar refractivity (Wildman–Crippen MR) is 62.7 cm³/mol. The molecule has 0 unspecified atom stereocenters. The summed E-state index contributed by atoms with van der Waals surface area (Å²) in [6.45, 7) is 0. The van der Waals surface area contributed by atoms with E-state index < -0.39 is 18.0 Å². The molecule has 2 N–H and O–H groups in total. The van der Waals surface area contributed by atoms with Gasteiger partial charge in [-0.15, -0.1) is 0 Å². The predicted octanol–water partition coefficient (Wildman–Crippen LogP) is 0.475. The smallest absolute Gasteiger partial charge is 0.326 e. The number of carbonyl (C=O) groups excluding carboxylic acids is 2. The van der Waals surface area contributed by atoms with E-state index in [0.29, 0.717) is 12.8 Å². The molecule has 0 aromatic rings. The van der Waals surface area contributed by atoms with Gasteiger partial charge in [0.25, 0.3) is 0 Å². The number of rotatable bonds is 6. The molecular weight excluding hydrogens is 238 g/mol. The second-order valence-corrected chi connectivity index (χ2v) is 4.15. The third kappa shape index (κ3) is 4.20. The lowest BCUT2D eigenvalue weighted by Crippen LogP contribution is -2.43. The molecule has 0 spiro atoms. The fourth-order valence-electron chi connectivity index (χ4n) is 1.74. The third-order valence-electron chi connectivity index (χ3n) is 2.86. The Morgan fingerprint density at radius 2 is 2.00 bits per heavy atom. The molecule has 1 amide bonds. The number of carboxylic acid groups (broad SMARTS) is 1. The minimum Gasteiger partial charge on any atom is -0.480 e. The molecule has 6 heteroatoms. The van der Waals surface area contributed by atoms with Gasteiger partial charge in [-0.1, -0.05) is 12.2 Å². The van der Waals surface area contributed by atoms with Crippen molar-refractivity contribution < 1.29 is 24.2 Å². The van der Waals surface area contributed by atoms with Gasteiger partial charge in [0.05, 0.1) is 7.11 Å². The molecule has 6 nitrogen and oxygen atoms in total. The maximum Gasteiger partial charge on any atom is 0.326 e. The van der Waals surface area contributed by atoms with Crippen LogP contribution in [0.25, 0.3) is 0 Å². The van der Waals surface area contributed by atoms with Gasteiger partial charge in [-0.25, -0.2) is 4.79 Å². The number of nitrogens with one attached hydrogen (secondary N) is 1. The van der Waals surface area contributed by atoms with Gasteiger partial charge < -0.3 is 15.2 Å². The minimum atomic E-state index is -1.14. The summed E-state index contributed by atoms with van der Waals surface area (Å²) in [6, 6.07) is -1.04. The molecule has 0 saturated carbocycles. The molecule has 0 aromatic carbocycles. The Balaban J connectivity index is 2.44. The van der Waals surface area contributed by atoms with Gasteiger partial charge in [-0.2, -0.15) is 0 Å². The van der Waals surface area contributed by atoms with Crippen molar-refractivity contribution in [2.45, 2.75) is 31.7 Å². The van der Waals surface area contributed by atoms with E-state index in [-0.39, 0.29) is 24.7 Å². The van der Waals surface area contributed by atoms with E-state index in [2.05, 4.69) is 10.1 Å². The zero-order valence-electron chi connectivity index (χ0n) is 10.2. The third-order valence-corrected chi connectivity index (χ3v) is 2.86. The van der Waals surface area contributed by atoms with E-state index in [1.165, 1.54) is 7.11 Å². The van der Waals surface area contributed by atoms with Crippen LogP contribution in [0.2, 0.25) is 0 Å². The van der Waals surface area contributed by atoms with E-state index >= 15 is 0 Å². The van der Waals surface area contributed by atoms with Crippen molar-refractivity contribution in [2.75, 3.05) is 7.11 Å². The van der Waals surface area contributed by atoms with Crippen molar-refractivity contribution in [1.29, 1.82) is 0 Å². The maximum absolute atomic E-state index is 11.7. The highest BCUT2D eigenvalue weighted by atomic mass is 16.5. The van der Waals surface area contributed by atoms with Gasteiger partial charge in [0.15, 0.2) is 0 Å². The Morgan fingerprint density at radius 1 is 1.39 bits per heavy atom. The van der Waals surface area contributed by atoms with Crippen molar-refractivity contribution in [3.63, 3.8) is 0 Å². The van der Waals surface area contributed by atoms with Crippen LogP contribution in [0.4, 0.5) is 0 Å². The van der Waals surface area contributed by atoms with E-state index in [1.807, 2.05) is 12.2 Å². The van der Waals surface area contributed by atoms with Gasteiger partial charge in [0, 0.05) is 12.3 Å². The summed E-state index contributed by atoms with van der Waals surface area (Å²) in [5.41, 5.74) is 0. The van der Waals surface area contributed by atoms with Gasteiger partial charge in [0.1, 0.15) is 6.04 Å². The first-order valence-electron chi connectivity index (χ1n) is 5.79. The van der Waals surface area contributed by atoms with Crippen molar-refractivity contribution in [2.24, 2.45) is 5.92 Å². The van der Waals surface area contributed by atoms with E-state index in [4.69, 9.17) is 5.11 Å². The number of methoxy groups -OCH3 is 1. The number of carbonyl (C=O) groups is 3. The number of hydrogen-bond donors (Lipinski definition) is 2. The van der Waals surface area contributed by atoms with Crippen LogP contribution < -0.4 is 5.32 Å². The molecule has 0 heterocycles. The van der Waals surface area contributed by atoms with E-state index in [1.54, 1.807) is 0 Å². The summed E-state index contributed by atoms with van der Waals surface area (Å²) in [5.74, 6) is -2.10. The van der Waals surface area contributed by atoms with Crippen LogP contribution in [0.5, 0.6) is 0 Å². The van der Waals surface area contributed by atoms with Gasteiger partial charge >= 0.3 is 11.9 Å². The summed E-state index contributed by atoms with van der Waals surface area (Å²) in [4.78, 5) is 33.7. The number of esters is 1. The molecule has 0 aromatic heterocycles. The lowest BCUT2D eigenvalue weighted by atomic mass is 10.0. The normalized spacial score (nSPS) is 16.3. The minimum absolute atomic E-state index is 0.0311. The Morgan fingerprint density at radius 3 is 2.50 bits per heavy atom. The molecule has 1 atom stereocenters. The molecule has 100 valence electrons. The first kappa shape index (κ1) is 14.2. The maximum atomic E-state index is 11.7. The number of carboxylic acids is 1. The van der Waals surface area contributed by atoms with Crippen LogP contribution in [0.3, 0.4) is 0 Å². The first-order chi connectivity index (χ1) is 8.54. The highest BCUT2D eigenvalue weighted by Crippen LogP contribution is 2.18. The number of ether oxygens (including phenoxy) is 1. The molecule has 0 fully saturated rings. The fourth-order valence-corrected chi connectivity index (χ4v) is 1.74. The summed E-state index contributed by atoms with van der Waals surface area (Å²) in [5, 5.41) is 11.4. The van der Waals surface area contributed by atoms with Crippen LogP contribution in [0.15, 0.2) is 12.2 Å². The quantitative estimate of drug-likeness (QED) is 0.532. The second kappa shape index (κ2) is 6.78. The van der Waals surface area contributed by atoms with Crippen LogP contribution in [-0.2, 0) is 19.1 Å². The van der Waals surface area contributed by atoms with Crippen LogP contribution in [-0.4, -0.2) is 36.1 Å². The zero-order valence-corrected chi connectivity index (χ0v) is 10.2. The summed E-state index contributed by atoms with van der Waals surface area (Å²) in [7, 11) is 1.24. The Hall–Kier alpha value is -1.85. The molecule has 1 aliphatic rings. The average molecular weight is 255 g/mol. The van der Waals surface area contributed by atoms with Crippen molar-refractivity contribution in [3.05, 3.63) is 12.2 Å². The standard InChI is InChI=1S/C12H17NO5/c1-18-10(14)7-6-9(12(16)17)13-11(15)8-4-2-3-5-8/h2-3,8-9H,4-7H2,1H3,(H,13,15)(H,16,17)/t9-/m1/s1. The lowest BCUT2D eigenvalue weighted by molar-refractivity contribution is -0.144. The van der Waals surface area contributed by atoms with Crippen LogP contribution in [0.1, 0.15) is 25.7 Å². The van der Waals surface area contributed by atoms with Crippen LogP contribution in [0, 0.1) is 5.92 Å². The van der Waals surface area contributed by atoms with Crippen molar-refractivity contribution in [1.82, 2.24) is 5.32 Å². The SMILES string of the molecule is COC(=O)CC[C@@H](NC(=O)C1CC=CC1)C(=O)O. The molecule has 0 bridgehead atoms. The van der Waals surface area contributed by atoms with Gasteiger partial charge in [-0.05, 0) is 19.3 Å². The van der Waals surface area contributed by atoms with Gasteiger partial charge in [-0.3, -0.25) is 9.59 Å². The molecule has 0 aliphatic heterocycles. The van der Waals surface area contributed by atoms with E-state index in [9.17, 15) is 14.4 Å². The van der Waals surface area contributed by atoms with Crippen LogP contribution >= 0.6 is 0 Å². The molecule has 0 radical (unpaired) electrons. The summed E-state index contributed by atoms with van der Waals surface area (Å²) >= 11 is 0. The monoisotopic (exact) mass is 255 g/mol. The zero-order chi connectivity index (χ0) is 13.5. The molecule has 1 aliphatic carbocycles. The molecule has 0 saturated heterocycles. The fraction of sp³-hybridized carbons (Fsp3) is 0.583. The molecular formula is C12H17NO5. The van der Waals surface area contributed by atoms with Crippen molar-refractivity contribution in [3.8, 4) is 0 Å². The van der Waals surface area contributed by atoms with Gasteiger partial charge in [0.2, 0.25) is 5.91 Å². The number of hydrogen-bond acceptors (Lipinski definition) is 4. The topological polar surface area (TPSA) is 92.7 Å². The summed E-state index contributed by atoms with van der Waals surface area (Å²) in [6.07, 6.45) is 5.07. The van der Waals surface area contributed by atoms with E-state index in [0.717, 1.165) is 0 Å². The second-order valence-electron chi connectivity index (χ2n) is 4.15. The molecule has 1 rings (SSSR count). The Labute approximate surface area is 105 Å². The molecule has 18 heavy (non-hydrogen) atoms. The number of allylic oxidation sites excluding steroid dienone is 2. The highest BCUT2D eigenvalue weighted by molar-refractivity contribution is 5.85. The Kier molecular flexibility index (Phi) is 5.35. The Bertz CT molecular complexity index is 355.